The number of ether oxygens (including phenoxy) is 1. The third kappa shape index (κ3) is 1.78. The van der Waals surface area contributed by atoms with Crippen molar-refractivity contribution in [1.29, 1.82) is 0 Å². The summed E-state index contributed by atoms with van der Waals surface area (Å²) in [5.41, 5.74) is 4.79. The molecular formula is C15H17N3O2. The third-order valence-electron chi connectivity index (χ3n) is 3.85. The minimum Gasteiger partial charge on any atom is -0.410 e. The summed E-state index contributed by atoms with van der Waals surface area (Å²) >= 11 is 0. The van der Waals surface area contributed by atoms with Crippen molar-refractivity contribution in [2.45, 2.75) is 12.8 Å². The Morgan fingerprint density at radius 1 is 1.40 bits per heavy atom. The van der Waals surface area contributed by atoms with Gasteiger partial charge in [0.1, 0.15) is 5.75 Å². The topological polar surface area (TPSA) is 55.6 Å². The van der Waals surface area contributed by atoms with Crippen LogP contribution in [0.1, 0.15) is 17.7 Å². The molecule has 3 rings (SSSR count). The molecule has 0 fully saturated rings. The Kier molecular flexibility index (Phi) is 2.97. The first-order valence-corrected chi connectivity index (χ1v) is 6.62. The summed E-state index contributed by atoms with van der Waals surface area (Å²) in [6.45, 7) is 0. The molecule has 1 aliphatic rings. The molecule has 0 radical (unpaired) electrons. The summed E-state index contributed by atoms with van der Waals surface area (Å²) in [4.78, 5) is 15.7. The normalized spacial score (nSPS) is 15.7. The maximum absolute atomic E-state index is 11.3. The number of fused-ring (bicyclic) bond motifs is 3. The van der Waals surface area contributed by atoms with Crippen molar-refractivity contribution in [3.05, 3.63) is 29.5 Å². The Morgan fingerprint density at radius 2 is 2.20 bits per heavy atom. The van der Waals surface area contributed by atoms with Gasteiger partial charge in [0.25, 0.3) is 0 Å². The number of benzene rings is 1. The van der Waals surface area contributed by atoms with E-state index in [9.17, 15) is 4.79 Å². The van der Waals surface area contributed by atoms with Crippen molar-refractivity contribution in [2.75, 3.05) is 14.1 Å². The van der Waals surface area contributed by atoms with Crippen LogP contribution in [0.5, 0.6) is 5.75 Å². The Labute approximate surface area is 117 Å². The Hall–Kier alpha value is -2.30. The van der Waals surface area contributed by atoms with Crippen LogP contribution in [-0.4, -0.2) is 30.5 Å². The molecule has 0 aliphatic heterocycles. The van der Waals surface area contributed by atoms with Crippen LogP contribution in [0.3, 0.4) is 0 Å². The van der Waals surface area contributed by atoms with E-state index in [1.807, 2.05) is 25.2 Å². The largest absolute Gasteiger partial charge is 0.412 e. The SMILES string of the molecule is CN=C1CCc2c1n(C)c1ccc(OC(=O)NC)cc21. The van der Waals surface area contributed by atoms with Crippen molar-refractivity contribution < 1.29 is 9.53 Å². The molecule has 0 unspecified atom stereocenters. The minimum absolute atomic E-state index is 0.451. The van der Waals surface area contributed by atoms with Gasteiger partial charge in [-0.05, 0) is 36.6 Å². The fraction of sp³-hybridized carbons (Fsp3) is 0.333. The summed E-state index contributed by atoms with van der Waals surface area (Å²) in [7, 11) is 5.43. The van der Waals surface area contributed by atoms with Gasteiger partial charge in [-0.3, -0.25) is 4.99 Å². The van der Waals surface area contributed by atoms with Crippen molar-refractivity contribution >= 4 is 22.7 Å². The van der Waals surface area contributed by atoms with Crippen LogP contribution in [0, 0.1) is 0 Å². The number of hydrogen-bond acceptors (Lipinski definition) is 3. The van der Waals surface area contributed by atoms with Crippen molar-refractivity contribution in [2.24, 2.45) is 12.0 Å². The maximum Gasteiger partial charge on any atom is 0.412 e. The highest BCUT2D eigenvalue weighted by Gasteiger charge is 2.25. The standard InChI is InChI=1S/C15H17N3O2/c1-16-12-6-5-10-11-8-9(20-15(19)17-2)4-7-13(11)18(3)14(10)12/h4,7-8H,5-6H2,1-3H3,(H,17,19). The van der Waals surface area contributed by atoms with Crippen LogP contribution in [0.25, 0.3) is 10.9 Å². The average molecular weight is 271 g/mol. The summed E-state index contributed by atoms with van der Waals surface area (Å²) in [5.74, 6) is 0.562. The van der Waals surface area contributed by atoms with E-state index >= 15 is 0 Å². The highest BCUT2D eigenvalue weighted by Crippen LogP contribution is 2.34. The fourth-order valence-corrected chi connectivity index (χ4v) is 2.92. The number of aliphatic imine (C=N–C) groups is 1. The van der Waals surface area contributed by atoms with E-state index in [1.165, 1.54) is 11.3 Å². The van der Waals surface area contributed by atoms with Gasteiger partial charge in [0.15, 0.2) is 0 Å². The Bertz CT molecular complexity index is 728. The summed E-state index contributed by atoms with van der Waals surface area (Å²) in [5, 5.41) is 3.59. The van der Waals surface area contributed by atoms with E-state index in [2.05, 4.69) is 21.9 Å². The minimum atomic E-state index is -0.451. The lowest BCUT2D eigenvalue weighted by molar-refractivity contribution is 0.203. The van der Waals surface area contributed by atoms with Gasteiger partial charge >= 0.3 is 6.09 Å². The van der Waals surface area contributed by atoms with E-state index in [4.69, 9.17) is 4.74 Å². The van der Waals surface area contributed by atoms with E-state index < -0.39 is 6.09 Å². The number of nitrogens with zero attached hydrogens (tertiary/aromatic N) is 2. The molecule has 1 aliphatic carbocycles. The summed E-state index contributed by atoms with van der Waals surface area (Å²) in [6.07, 6.45) is 1.52. The monoisotopic (exact) mass is 271 g/mol. The number of nitrogens with one attached hydrogen (secondary N) is 1. The van der Waals surface area contributed by atoms with E-state index in [1.54, 1.807) is 7.05 Å². The maximum atomic E-state index is 11.3. The first kappa shape index (κ1) is 12.7. The van der Waals surface area contributed by atoms with E-state index in [0.29, 0.717) is 5.75 Å². The number of hydrogen-bond donors (Lipinski definition) is 1. The second-order valence-electron chi connectivity index (χ2n) is 4.87. The van der Waals surface area contributed by atoms with Crippen molar-refractivity contribution in [3.63, 3.8) is 0 Å². The first-order chi connectivity index (χ1) is 9.65. The molecule has 0 saturated carbocycles. The lowest BCUT2D eigenvalue weighted by atomic mass is 10.1. The van der Waals surface area contributed by atoms with E-state index in [-0.39, 0.29) is 0 Å². The van der Waals surface area contributed by atoms with Gasteiger partial charge in [-0.15, -0.1) is 0 Å². The number of amides is 1. The van der Waals surface area contributed by atoms with Gasteiger partial charge in [0.2, 0.25) is 0 Å². The van der Waals surface area contributed by atoms with Gasteiger partial charge in [-0.1, -0.05) is 0 Å². The van der Waals surface area contributed by atoms with Crippen LogP contribution in [0.2, 0.25) is 0 Å². The molecule has 0 spiro atoms. The lowest BCUT2D eigenvalue weighted by Crippen LogP contribution is -2.21. The quantitative estimate of drug-likeness (QED) is 0.865. The van der Waals surface area contributed by atoms with Gasteiger partial charge in [0.05, 0.1) is 11.4 Å². The van der Waals surface area contributed by atoms with Gasteiger partial charge in [-0.2, -0.15) is 0 Å². The summed E-state index contributed by atoms with van der Waals surface area (Å²) < 4.78 is 7.37. The predicted molar refractivity (Wildman–Crippen MR) is 78.8 cm³/mol. The predicted octanol–water partition coefficient (Wildman–Crippen LogP) is 2.26. The molecule has 1 amide bonds. The zero-order chi connectivity index (χ0) is 14.3. The zero-order valence-electron chi connectivity index (χ0n) is 11.9. The molecule has 104 valence electrons. The first-order valence-electron chi connectivity index (χ1n) is 6.62. The third-order valence-corrected chi connectivity index (χ3v) is 3.85. The second kappa shape index (κ2) is 4.67. The van der Waals surface area contributed by atoms with Crippen molar-refractivity contribution in [1.82, 2.24) is 9.88 Å². The number of aromatic nitrogens is 1. The molecule has 0 saturated heterocycles. The molecule has 20 heavy (non-hydrogen) atoms. The van der Waals surface area contributed by atoms with Crippen LogP contribution in [0.15, 0.2) is 23.2 Å². The molecule has 1 aromatic heterocycles. The second-order valence-corrected chi connectivity index (χ2v) is 4.87. The molecular weight excluding hydrogens is 254 g/mol. The van der Waals surface area contributed by atoms with Gasteiger partial charge < -0.3 is 14.6 Å². The van der Waals surface area contributed by atoms with Crippen LogP contribution in [0.4, 0.5) is 4.79 Å². The summed E-state index contributed by atoms with van der Waals surface area (Å²) in [6, 6.07) is 5.73. The molecule has 0 bridgehead atoms. The van der Waals surface area contributed by atoms with E-state index in [0.717, 1.165) is 29.5 Å². The molecule has 5 heteroatoms. The fourth-order valence-electron chi connectivity index (χ4n) is 2.92. The van der Waals surface area contributed by atoms with Gasteiger partial charge in [0, 0.05) is 32.0 Å². The zero-order valence-corrected chi connectivity index (χ0v) is 11.9. The van der Waals surface area contributed by atoms with Crippen LogP contribution < -0.4 is 10.1 Å². The molecule has 0 atom stereocenters. The van der Waals surface area contributed by atoms with Crippen LogP contribution >= 0.6 is 0 Å². The molecule has 1 heterocycles. The van der Waals surface area contributed by atoms with Crippen molar-refractivity contribution in [3.8, 4) is 5.75 Å². The molecule has 5 nitrogen and oxygen atoms in total. The van der Waals surface area contributed by atoms with Gasteiger partial charge in [-0.25, -0.2) is 4.79 Å². The smallest absolute Gasteiger partial charge is 0.410 e. The molecule has 1 aromatic carbocycles. The van der Waals surface area contributed by atoms with Crippen LogP contribution in [-0.2, 0) is 13.5 Å². The number of aryl methyl sites for hydroxylation is 2. The number of carbonyl (C=O) groups is 1. The highest BCUT2D eigenvalue weighted by molar-refractivity contribution is 6.09. The molecule has 2 aromatic rings. The molecule has 1 N–H and O–H groups in total. The highest BCUT2D eigenvalue weighted by atomic mass is 16.5. The number of carbonyl (C=O) groups excluding carboxylic acids is 1. The number of rotatable bonds is 1. The Morgan fingerprint density at radius 3 is 2.90 bits per heavy atom. The lowest BCUT2D eigenvalue weighted by Gasteiger charge is -2.05. The average Bonchev–Trinajstić information content (AvgIpc) is 2.99. The Balaban J connectivity index is 2.14.